The molecular formula is C11H9F3INO. The maximum atomic E-state index is 12.4. The second kappa shape index (κ2) is 4.47. The van der Waals surface area contributed by atoms with Gasteiger partial charge < -0.3 is 4.90 Å². The van der Waals surface area contributed by atoms with Gasteiger partial charge in [-0.25, -0.2) is 0 Å². The maximum absolute atomic E-state index is 12.4. The van der Waals surface area contributed by atoms with Crippen LogP contribution in [0.15, 0.2) is 18.2 Å². The minimum Gasteiger partial charge on any atom is -0.304 e. The third kappa shape index (κ3) is 2.56. The Labute approximate surface area is 110 Å². The molecule has 1 aliphatic rings. The molecule has 0 saturated heterocycles. The molecule has 0 N–H and O–H groups in total. The van der Waals surface area contributed by atoms with E-state index < -0.39 is 12.1 Å². The summed E-state index contributed by atoms with van der Waals surface area (Å²) in [7, 11) is 0. The quantitative estimate of drug-likeness (QED) is 0.655. The Morgan fingerprint density at radius 1 is 1.35 bits per heavy atom. The van der Waals surface area contributed by atoms with Gasteiger partial charge in [0.1, 0.15) is 0 Å². The molecule has 6 heteroatoms. The highest BCUT2D eigenvalue weighted by Crippen LogP contribution is 2.32. The van der Waals surface area contributed by atoms with Crippen molar-refractivity contribution in [2.75, 3.05) is 11.4 Å². The number of rotatable bonds is 0. The van der Waals surface area contributed by atoms with Gasteiger partial charge in [0.15, 0.2) is 0 Å². The van der Waals surface area contributed by atoms with Crippen LogP contribution in [0.1, 0.15) is 12.0 Å². The fourth-order valence-electron chi connectivity index (χ4n) is 1.91. The molecule has 0 aliphatic carbocycles. The van der Waals surface area contributed by atoms with Crippen LogP contribution in [-0.4, -0.2) is 18.6 Å². The van der Waals surface area contributed by atoms with E-state index in [1.807, 2.05) is 28.7 Å². The summed E-state index contributed by atoms with van der Waals surface area (Å²) in [5, 5.41) is 0. The second-order valence-corrected chi connectivity index (χ2v) is 5.08. The maximum Gasteiger partial charge on any atom is 0.471 e. The van der Waals surface area contributed by atoms with Gasteiger partial charge in [-0.05, 0) is 53.1 Å². The summed E-state index contributed by atoms with van der Waals surface area (Å²) in [6, 6.07) is 5.24. The number of hydrogen-bond acceptors (Lipinski definition) is 1. The molecule has 1 aromatic rings. The Hall–Kier alpha value is -0.790. The van der Waals surface area contributed by atoms with Gasteiger partial charge in [-0.2, -0.15) is 13.2 Å². The van der Waals surface area contributed by atoms with Gasteiger partial charge in [-0.1, -0.05) is 6.07 Å². The first-order valence-electron chi connectivity index (χ1n) is 5.07. The van der Waals surface area contributed by atoms with E-state index in [0.717, 1.165) is 14.0 Å². The van der Waals surface area contributed by atoms with E-state index in [9.17, 15) is 18.0 Å². The van der Waals surface area contributed by atoms with E-state index in [4.69, 9.17) is 0 Å². The fourth-order valence-corrected chi connectivity index (χ4v) is 2.39. The molecule has 0 bridgehead atoms. The number of fused-ring (bicyclic) bond motifs is 1. The van der Waals surface area contributed by atoms with Crippen molar-refractivity contribution >= 4 is 34.2 Å². The fraction of sp³-hybridized carbons (Fsp3) is 0.364. The van der Waals surface area contributed by atoms with E-state index in [1.54, 1.807) is 12.1 Å². The number of carbonyl (C=O) groups is 1. The highest BCUT2D eigenvalue weighted by atomic mass is 127. The van der Waals surface area contributed by atoms with Gasteiger partial charge in [-0.15, -0.1) is 0 Å². The standard InChI is InChI=1S/C11H9F3INO/c12-11(13,14)10(17)16-5-1-2-7-3-4-8(15)6-9(7)16/h3-4,6H,1-2,5H2. The predicted molar refractivity (Wildman–Crippen MR) is 65.9 cm³/mol. The average Bonchev–Trinajstić information content (AvgIpc) is 2.26. The minimum absolute atomic E-state index is 0.130. The third-order valence-electron chi connectivity index (χ3n) is 2.65. The monoisotopic (exact) mass is 355 g/mol. The van der Waals surface area contributed by atoms with Crippen LogP contribution in [0, 0.1) is 3.57 Å². The van der Waals surface area contributed by atoms with E-state index in [1.165, 1.54) is 0 Å². The number of alkyl halides is 3. The van der Waals surface area contributed by atoms with Crippen LogP contribution < -0.4 is 4.90 Å². The zero-order valence-corrected chi connectivity index (χ0v) is 10.9. The normalized spacial score (nSPS) is 15.6. The Balaban J connectivity index is 2.41. The van der Waals surface area contributed by atoms with Crippen LogP contribution in [0.5, 0.6) is 0 Å². The van der Waals surface area contributed by atoms with Crippen LogP contribution in [0.3, 0.4) is 0 Å². The second-order valence-electron chi connectivity index (χ2n) is 3.83. The van der Waals surface area contributed by atoms with Crippen molar-refractivity contribution in [3.8, 4) is 0 Å². The van der Waals surface area contributed by atoms with Crippen molar-refractivity contribution in [2.45, 2.75) is 19.0 Å². The van der Waals surface area contributed by atoms with E-state index in [2.05, 4.69) is 0 Å². The topological polar surface area (TPSA) is 20.3 Å². The van der Waals surface area contributed by atoms with Gasteiger partial charge in [0, 0.05) is 15.8 Å². The molecule has 0 saturated carbocycles. The molecule has 0 fully saturated rings. The summed E-state index contributed by atoms with van der Waals surface area (Å²) in [6.45, 7) is 0.130. The van der Waals surface area contributed by atoms with Crippen molar-refractivity contribution in [1.29, 1.82) is 0 Å². The number of amides is 1. The molecule has 0 unspecified atom stereocenters. The summed E-state index contributed by atoms with van der Waals surface area (Å²) >= 11 is 2.02. The predicted octanol–water partition coefficient (Wildman–Crippen LogP) is 3.13. The molecule has 2 nitrogen and oxygen atoms in total. The van der Waals surface area contributed by atoms with E-state index in [-0.39, 0.29) is 6.54 Å². The summed E-state index contributed by atoms with van der Waals surface area (Å²) < 4.78 is 38.1. The molecule has 1 amide bonds. The number of halogens is 4. The molecule has 1 heterocycles. The number of benzene rings is 1. The van der Waals surface area contributed by atoms with Crippen molar-refractivity contribution in [3.05, 3.63) is 27.3 Å². The number of hydrogen-bond donors (Lipinski definition) is 0. The Morgan fingerprint density at radius 3 is 2.71 bits per heavy atom. The van der Waals surface area contributed by atoms with Gasteiger partial charge in [0.25, 0.3) is 0 Å². The molecule has 92 valence electrons. The number of aryl methyl sites for hydroxylation is 1. The van der Waals surface area contributed by atoms with Crippen LogP contribution >= 0.6 is 22.6 Å². The number of anilines is 1. The van der Waals surface area contributed by atoms with Gasteiger partial charge >= 0.3 is 12.1 Å². The zero-order chi connectivity index (χ0) is 12.6. The molecular weight excluding hydrogens is 346 g/mol. The van der Waals surface area contributed by atoms with Crippen molar-refractivity contribution < 1.29 is 18.0 Å². The smallest absolute Gasteiger partial charge is 0.304 e. The molecule has 0 aromatic heterocycles. The first-order valence-corrected chi connectivity index (χ1v) is 6.14. The van der Waals surface area contributed by atoms with Crippen molar-refractivity contribution in [1.82, 2.24) is 0 Å². The lowest BCUT2D eigenvalue weighted by molar-refractivity contribution is -0.170. The zero-order valence-electron chi connectivity index (χ0n) is 8.72. The highest BCUT2D eigenvalue weighted by molar-refractivity contribution is 14.1. The average molecular weight is 355 g/mol. The van der Waals surface area contributed by atoms with Gasteiger partial charge in [-0.3, -0.25) is 4.79 Å². The lowest BCUT2D eigenvalue weighted by Gasteiger charge is -2.30. The Bertz CT molecular complexity index is 459. The van der Waals surface area contributed by atoms with Crippen LogP contribution in [0.4, 0.5) is 18.9 Å². The lowest BCUT2D eigenvalue weighted by atomic mass is 10.0. The molecule has 0 atom stereocenters. The molecule has 2 rings (SSSR count). The lowest BCUT2D eigenvalue weighted by Crippen LogP contribution is -2.43. The Morgan fingerprint density at radius 2 is 2.06 bits per heavy atom. The van der Waals surface area contributed by atoms with E-state index >= 15 is 0 Å². The van der Waals surface area contributed by atoms with Crippen molar-refractivity contribution in [2.24, 2.45) is 0 Å². The largest absolute Gasteiger partial charge is 0.471 e. The molecule has 0 spiro atoms. The first kappa shape index (κ1) is 12.7. The first-order chi connectivity index (χ1) is 7.89. The molecule has 1 aliphatic heterocycles. The molecule has 1 aromatic carbocycles. The minimum atomic E-state index is -4.81. The summed E-state index contributed by atoms with van der Waals surface area (Å²) in [5.41, 5.74) is 1.19. The van der Waals surface area contributed by atoms with Crippen LogP contribution in [0.25, 0.3) is 0 Å². The number of carbonyl (C=O) groups excluding carboxylic acids is 1. The third-order valence-corrected chi connectivity index (χ3v) is 3.32. The van der Waals surface area contributed by atoms with Gasteiger partial charge in [0.05, 0.1) is 0 Å². The van der Waals surface area contributed by atoms with E-state index in [0.29, 0.717) is 18.5 Å². The van der Waals surface area contributed by atoms with Crippen LogP contribution in [-0.2, 0) is 11.2 Å². The summed E-state index contributed by atoms with van der Waals surface area (Å²) in [4.78, 5) is 12.1. The number of nitrogens with zero attached hydrogens (tertiary/aromatic N) is 1. The molecule has 0 radical (unpaired) electrons. The highest BCUT2D eigenvalue weighted by Gasteiger charge is 2.43. The van der Waals surface area contributed by atoms with Crippen molar-refractivity contribution in [3.63, 3.8) is 0 Å². The Kier molecular flexibility index (Phi) is 3.33. The van der Waals surface area contributed by atoms with Crippen LogP contribution in [0.2, 0.25) is 0 Å². The van der Waals surface area contributed by atoms with Gasteiger partial charge in [0.2, 0.25) is 0 Å². The SMILES string of the molecule is O=C(N1CCCc2ccc(I)cc21)C(F)(F)F. The summed E-state index contributed by atoms with van der Waals surface area (Å²) in [5.74, 6) is -1.78. The summed E-state index contributed by atoms with van der Waals surface area (Å²) in [6.07, 6.45) is -3.53. The molecule has 17 heavy (non-hydrogen) atoms.